The molecular formula is C19H26ClN3O2S. The first-order chi connectivity index (χ1) is 12.5. The molecule has 0 radical (unpaired) electrons. The second kappa shape index (κ2) is 9.97. The first kappa shape index (κ1) is 20.8. The van der Waals surface area contributed by atoms with Crippen LogP contribution in [0.3, 0.4) is 0 Å². The molecule has 0 saturated carbocycles. The average Bonchev–Trinajstić information content (AvgIpc) is 2.61. The van der Waals surface area contributed by atoms with Crippen LogP contribution in [0.4, 0.5) is 0 Å². The van der Waals surface area contributed by atoms with Gasteiger partial charge in [-0.2, -0.15) is 0 Å². The first-order valence-corrected chi connectivity index (χ1v) is 10.4. The lowest BCUT2D eigenvalue weighted by molar-refractivity contribution is -0.119. The van der Waals surface area contributed by atoms with E-state index in [0.717, 1.165) is 25.7 Å². The molecule has 0 saturated heterocycles. The largest absolute Gasteiger partial charge is 0.353 e. The summed E-state index contributed by atoms with van der Waals surface area (Å²) in [5.74, 6) is 0.182. The van der Waals surface area contributed by atoms with E-state index in [4.69, 9.17) is 11.6 Å². The molecule has 1 atom stereocenters. The number of carbonyl (C=O) groups is 1. The van der Waals surface area contributed by atoms with Gasteiger partial charge < -0.3 is 5.32 Å². The van der Waals surface area contributed by atoms with Gasteiger partial charge in [-0.3, -0.25) is 14.2 Å². The van der Waals surface area contributed by atoms with Crippen molar-refractivity contribution in [3.63, 3.8) is 0 Å². The van der Waals surface area contributed by atoms with Crippen molar-refractivity contribution in [1.82, 2.24) is 14.9 Å². The van der Waals surface area contributed by atoms with Crippen molar-refractivity contribution in [3.05, 3.63) is 33.6 Å². The minimum absolute atomic E-state index is 0.0510. The summed E-state index contributed by atoms with van der Waals surface area (Å²) >= 11 is 7.34. The molecule has 2 aromatic rings. The molecule has 0 aliphatic rings. The number of nitrogens with one attached hydrogen (secondary N) is 1. The molecule has 1 heterocycles. The van der Waals surface area contributed by atoms with E-state index in [0.29, 0.717) is 27.6 Å². The molecule has 5 nitrogen and oxygen atoms in total. The Kier molecular flexibility index (Phi) is 7.97. The van der Waals surface area contributed by atoms with Gasteiger partial charge in [-0.15, -0.1) is 0 Å². The Morgan fingerprint density at radius 3 is 2.81 bits per heavy atom. The quantitative estimate of drug-likeness (QED) is 0.391. The van der Waals surface area contributed by atoms with Gasteiger partial charge >= 0.3 is 0 Å². The Morgan fingerprint density at radius 1 is 1.35 bits per heavy atom. The van der Waals surface area contributed by atoms with Gasteiger partial charge in [-0.1, -0.05) is 50.1 Å². The summed E-state index contributed by atoms with van der Waals surface area (Å²) in [4.78, 5) is 29.6. The van der Waals surface area contributed by atoms with E-state index in [1.54, 1.807) is 22.8 Å². The monoisotopic (exact) mass is 395 g/mol. The van der Waals surface area contributed by atoms with E-state index in [-0.39, 0.29) is 23.3 Å². The smallest absolute Gasteiger partial charge is 0.262 e. The fraction of sp³-hybridized carbons (Fsp3) is 0.526. The Hall–Kier alpha value is -1.53. The third-order valence-corrected chi connectivity index (χ3v) is 5.43. The minimum atomic E-state index is -0.0763. The molecule has 1 N–H and O–H groups in total. The lowest BCUT2D eigenvalue weighted by Gasteiger charge is -2.14. The van der Waals surface area contributed by atoms with Crippen molar-refractivity contribution < 1.29 is 4.79 Å². The van der Waals surface area contributed by atoms with Crippen LogP contribution >= 0.6 is 23.4 Å². The molecule has 0 bridgehead atoms. The molecule has 1 aromatic carbocycles. The SMILES string of the molecule is CCCCCn1c(SCC(=O)NC(C)CC)nc2cc(Cl)ccc2c1=O. The fourth-order valence-electron chi connectivity index (χ4n) is 2.55. The van der Waals surface area contributed by atoms with E-state index in [1.807, 2.05) is 13.8 Å². The number of carbonyl (C=O) groups excluding carboxylic acids is 1. The lowest BCUT2D eigenvalue weighted by atomic mass is 10.2. The van der Waals surface area contributed by atoms with E-state index in [1.165, 1.54) is 11.8 Å². The predicted octanol–water partition coefficient (Wildman–Crippen LogP) is 4.25. The number of aromatic nitrogens is 2. The second-order valence-electron chi connectivity index (χ2n) is 6.39. The second-order valence-corrected chi connectivity index (χ2v) is 7.76. The van der Waals surface area contributed by atoms with Gasteiger partial charge in [0, 0.05) is 17.6 Å². The first-order valence-electron chi connectivity index (χ1n) is 9.08. The van der Waals surface area contributed by atoms with Crippen molar-refractivity contribution in [1.29, 1.82) is 0 Å². The van der Waals surface area contributed by atoms with Gasteiger partial charge in [0.25, 0.3) is 5.56 Å². The van der Waals surface area contributed by atoms with E-state index >= 15 is 0 Å². The van der Waals surface area contributed by atoms with Crippen LogP contribution in [0, 0.1) is 0 Å². The number of hydrogen-bond acceptors (Lipinski definition) is 4. The zero-order valence-electron chi connectivity index (χ0n) is 15.5. The summed E-state index contributed by atoms with van der Waals surface area (Å²) in [7, 11) is 0. The van der Waals surface area contributed by atoms with Crippen LogP contribution in [-0.4, -0.2) is 27.3 Å². The molecule has 1 amide bonds. The average molecular weight is 396 g/mol. The summed E-state index contributed by atoms with van der Waals surface area (Å²) in [6, 6.07) is 5.25. The Bertz CT molecular complexity index is 822. The number of nitrogens with zero attached hydrogens (tertiary/aromatic N) is 2. The third-order valence-electron chi connectivity index (χ3n) is 4.22. The van der Waals surface area contributed by atoms with Gasteiger partial charge in [0.15, 0.2) is 5.16 Å². The Labute approximate surface area is 163 Å². The van der Waals surface area contributed by atoms with Crippen LogP contribution in [0.5, 0.6) is 0 Å². The zero-order valence-corrected chi connectivity index (χ0v) is 17.1. The number of thioether (sulfide) groups is 1. The number of benzene rings is 1. The van der Waals surface area contributed by atoms with Gasteiger partial charge in [0.1, 0.15) is 0 Å². The van der Waals surface area contributed by atoms with Crippen molar-refractivity contribution in [2.24, 2.45) is 0 Å². The molecule has 0 fully saturated rings. The maximum absolute atomic E-state index is 12.9. The fourth-order valence-corrected chi connectivity index (χ4v) is 3.55. The normalized spacial score (nSPS) is 12.3. The maximum atomic E-state index is 12.9. The molecule has 2 rings (SSSR count). The molecule has 142 valence electrons. The summed E-state index contributed by atoms with van der Waals surface area (Å²) in [5, 5.41) is 4.60. The van der Waals surface area contributed by atoms with Crippen LogP contribution in [0.15, 0.2) is 28.2 Å². The van der Waals surface area contributed by atoms with Crippen molar-refractivity contribution >= 4 is 40.2 Å². The van der Waals surface area contributed by atoms with Crippen LogP contribution in [0.1, 0.15) is 46.5 Å². The number of amides is 1. The molecule has 0 spiro atoms. The molecule has 0 aliphatic carbocycles. The van der Waals surface area contributed by atoms with Gasteiger partial charge in [-0.05, 0) is 38.0 Å². The zero-order chi connectivity index (χ0) is 19.1. The van der Waals surface area contributed by atoms with Gasteiger partial charge in [0.2, 0.25) is 5.91 Å². The van der Waals surface area contributed by atoms with Crippen molar-refractivity contribution in [2.75, 3.05) is 5.75 Å². The number of fused-ring (bicyclic) bond motifs is 1. The molecule has 1 aromatic heterocycles. The molecule has 1 unspecified atom stereocenters. The highest BCUT2D eigenvalue weighted by molar-refractivity contribution is 7.99. The number of unbranched alkanes of at least 4 members (excludes halogenated alkanes) is 2. The molecule has 26 heavy (non-hydrogen) atoms. The van der Waals surface area contributed by atoms with Gasteiger partial charge in [0.05, 0.1) is 16.7 Å². The minimum Gasteiger partial charge on any atom is -0.353 e. The highest BCUT2D eigenvalue weighted by atomic mass is 35.5. The van der Waals surface area contributed by atoms with E-state index < -0.39 is 0 Å². The maximum Gasteiger partial charge on any atom is 0.262 e. The Morgan fingerprint density at radius 2 is 2.12 bits per heavy atom. The van der Waals surface area contributed by atoms with Crippen molar-refractivity contribution in [3.8, 4) is 0 Å². The summed E-state index contributed by atoms with van der Waals surface area (Å²) in [6.45, 7) is 6.73. The van der Waals surface area contributed by atoms with Gasteiger partial charge in [-0.25, -0.2) is 4.98 Å². The standard InChI is InChI=1S/C19H26ClN3O2S/c1-4-6-7-10-23-18(25)15-9-8-14(20)11-16(15)22-19(23)26-12-17(24)21-13(3)5-2/h8-9,11,13H,4-7,10,12H2,1-3H3,(H,21,24). The van der Waals surface area contributed by atoms with Crippen molar-refractivity contribution in [2.45, 2.75) is 64.2 Å². The van der Waals surface area contributed by atoms with E-state index in [9.17, 15) is 9.59 Å². The highest BCUT2D eigenvalue weighted by Crippen LogP contribution is 2.21. The Balaban J connectivity index is 2.30. The summed E-state index contributed by atoms with van der Waals surface area (Å²) < 4.78 is 1.69. The molecule has 7 heteroatoms. The van der Waals surface area contributed by atoms with E-state index in [2.05, 4.69) is 17.2 Å². The third kappa shape index (κ3) is 5.48. The number of rotatable bonds is 9. The van der Waals surface area contributed by atoms with Crippen LogP contribution in [0.25, 0.3) is 10.9 Å². The molecular weight excluding hydrogens is 370 g/mol. The highest BCUT2D eigenvalue weighted by Gasteiger charge is 2.14. The summed E-state index contributed by atoms with van der Waals surface area (Å²) in [6.07, 6.45) is 3.91. The number of halogens is 1. The van der Waals surface area contributed by atoms with Crippen LogP contribution in [-0.2, 0) is 11.3 Å². The number of hydrogen-bond donors (Lipinski definition) is 1. The van der Waals surface area contributed by atoms with Crippen LogP contribution in [0.2, 0.25) is 5.02 Å². The lowest BCUT2D eigenvalue weighted by Crippen LogP contribution is -2.33. The molecule has 0 aliphatic heterocycles. The topological polar surface area (TPSA) is 64.0 Å². The summed E-state index contributed by atoms with van der Waals surface area (Å²) in [5.41, 5.74) is 0.492. The van der Waals surface area contributed by atoms with Crippen LogP contribution < -0.4 is 10.9 Å². The predicted molar refractivity (Wildman–Crippen MR) is 109 cm³/mol.